The lowest BCUT2D eigenvalue weighted by molar-refractivity contribution is -0.385. The van der Waals surface area contributed by atoms with Crippen LogP contribution in [0.15, 0.2) is 41.2 Å². The summed E-state index contributed by atoms with van der Waals surface area (Å²) in [6.45, 7) is 0. The van der Waals surface area contributed by atoms with Gasteiger partial charge in [0.05, 0.1) is 16.7 Å². The van der Waals surface area contributed by atoms with Crippen LogP contribution in [0.3, 0.4) is 0 Å². The Hall–Kier alpha value is -3.03. The molecule has 0 saturated carbocycles. The number of hydrogen-bond donors (Lipinski definition) is 2. The van der Waals surface area contributed by atoms with Crippen molar-refractivity contribution in [3.8, 4) is 0 Å². The third-order valence-electron chi connectivity index (χ3n) is 2.42. The van der Waals surface area contributed by atoms with E-state index >= 15 is 0 Å². The van der Waals surface area contributed by atoms with Crippen LogP contribution in [0.1, 0.15) is 10.5 Å². The number of H-pyrrole nitrogens is 1. The van der Waals surface area contributed by atoms with Crippen molar-refractivity contribution < 1.29 is 14.1 Å². The van der Waals surface area contributed by atoms with E-state index in [1.54, 1.807) is 0 Å². The minimum Gasteiger partial charge on any atom is -0.318 e. The van der Waals surface area contributed by atoms with Crippen molar-refractivity contribution in [3.05, 3.63) is 68.4 Å². The summed E-state index contributed by atoms with van der Waals surface area (Å²) in [6.07, 6.45) is 0. The molecule has 2 aromatic rings. The fourth-order valence-electron chi connectivity index (χ4n) is 1.49. The number of aromatic nitrogens is 1. The number of carbonyl (C=O) groups excluding carboxylic acids is 1. The third kappa shape index (κ3) is 2.86. The van der Waals surface area contributed by atoms with Crippen molar-refractivity contribution in [2.75, 3.05) is 5.32 Å². The lowest BCUT2D eigenvalue weighted by Crippen LogP contribution is -2.18. The van der Waals surface area contributed by atoms with Gasteiger partial charge in [0.15, 0.2) is 5.82 Å². The summed E-state index contributed by atoms with van der Waals surface area (Å²) < 4.78 is 13.6. The summed E-state index contributed by atoms with van der Waals surface area (Å²) in [7, 11) is 0. The Bertz CT molecular complexity index is 741. The summed E-state index contributed by atoms with van der Waals surface area (Å²) >= 11 is 0. The average molecular weight is 277 g/mol. The first-order valence-corrected chi connectivity index (χ1v) is 5.42. The largest absolute Gasteiger partial charge is 0.318 e. The van der Waals surface area contributed by atoms with Crippen LogP contribution in [-0.2, 0) is 0 Å². The molecule has 1 heterocycles. The Kier molecular flexibility index (Phi) is 3.56. The quantitative estimate of drug-likeness (QED) is 0.657. The summed E-state index contributed by atoms with van der Waals surface area (Å²) in [6, 6.07) is 6.78. The molecule has 20 heavy (non-hydrogen) atoms. The van der Waals surface area contributed by atoms with Gasteiger partial charge < -0.3 is 10.3 Å². The minimum atomic E-state index is -0.939. The van der Waals surface area contributed by atoms with Crippen LogP contribution in [0.4, 0.5) is 15.8 Å². The van der Waals surface area contributed by atoms with Gasteiger partial charge in [0.1, 0.15) is 5.69 Å². The van der Waals surface area contributed by atoms with Crippen molar-refractivity contribution in [3.63, 3.8) is 0 Å². The van der Waals surface area contributed by atoms with Gasteiger partial charge in [-0.1, -0.05) is 6.07 Å². The number of hydrogen-bond acceptors (Lipinski definition) is 4. The van der Waals surface area contributed by atoms with Crippen molar-refractivity contribution >= 4 is 17.3 Å². The molecule has 0 aliphatic carbocycles. The number of anilines is 1. The van der Waals surface area contributed by atoms with Crippen LogP contribution in [0.5, 0.6) is 0 Å². The first kappa shape index (κ1) is 13.4. The van der Waals surface area contributed by atoms with Gasteiger partial charge in [-0.3, -0.25) is 19.7 Å². The van der Waals surface area contributed by atoms with E-state index < -0.39 is 27.9 Å². The number of rotatable bonds is 3. The molecule has 0 fully saturated rings. The maximum Gasteiger partial charge on any atom is 0.272 e. The molecule has 1 aromatic heterocycles. The molecule has 0 spiro atoms. The molecule has 0 atom stereocenters. The fourth-order valence-corrected chi connectivity index (χ4v) is 1.49. The highest BCUT2D eigenvalue weighted by molar-refractivity contribution is 6.02. The highest BCUT2D eigenvalue weighted by Gasteiger charge is 2.13. The van der Waals surface area contributed by atoms with Crippen molar-refractivity contribution in [1.29, 1.82) is 0 Å². The maximum atomic E-state index is 13.6. The Balaban J connectivity index is 2.24. The van der Waals surface area contributed by atoms with Crippen LogP contribution in [-0.4, -0.2) is 15.8 Å². The number of nitrogens with zero attached hydrogens (tertiary/aromatic N) is 1. The molecule has 2 N–H and O–H groups in total. The number of halogens is 1. The SMILES string of the molecule is O=C(Nc1ccc([N+](=O)[O-])cc1F)c1cccc(=O)[nH]1. The molecule has 0 unspecified atom stereocenters. The number of nitrogens with one attached hydrogen (secondary N) is 2. The number of nitro benzene ring substituents is 1. The number of carbonyl (C=O) groups is 1. The molecule has 0 aliphatic heterocycles. The van der Waals surface area contributed by atoms with E-state index in [0.29, 0.717) is 6.07 Å². The van der Waals surface area contributed by atoms with Crippen LogP contribution >= 0.6 is 0 Å². The Morgan fingerprint density at radius 1 is 1.30 bits per heavy atom. The summed E-state index contributed by atoms with van der Waals surface area (Å²) in [5.41, 5.74) is -1.16. The lowest BCUT2D eigenvalue weighted by Gasteiger charge is -2.05. The van der Waals surface area contributed by atoms with Crippen molar-refractivity contribution in [2.45, 2.75) is 0 Å². The van der Waals surface area contributed by atoms with Crippen LogP contribution in [0.2, 0.25) is 0 Å². The lowest BCUT2D eigenvalue weighted by atomic mass is 10.2. The molecule has 0 saturated heterocycles. The number of benzene rings is 1. The Morgan fingerprint density at radius 3 is 2.65 bits per heavy atom. The van der Waals surface area contributed by atoms with E-state index in [0.717, 1.165) is 12.1 Å². The smallest absolute Gasteiger partial charge is 0.272 e. The second-order valence-corrected chi connectivity index (χ2v) is 3.80. The van der Waals surface area contributed by atoms with Crippen LogP contribution in [0, 0.1) is 15.9 Å². The monoisotopic (exact) mass is 277 g/mol. The molecule has 2 rings (SSSR count). The molecular weight excluding hydrogens is 269 g/mol. The van der Waals surface area contributed by atoms with E-state index in [4.69, 9.17) is 0 Å². The minimum absolute atomic E-state index is 0.0461. The Morgan fingerprint density at radius 2 is 2.05 bits per heavy atom. The van der Waals surface area contributed by atoms with Crippen molar-refractivity contribution in [1.82, 2.24) is 4.98 Å². The van der Waals surface area contributed by atoms with Gasteiger partial charge in [0.25, 0.3) is 11.6 Å². The first-order chi connectivity index (χ1) is 9.47. The molecular formula is C12H8FN3O4. The summed E-state index contributed by atoms with van der Waals surface area (Å²) in [4.78, 5) is 34.8. The fraction of sp³-hybridized carbons (Fsp3) is 0. The molecule has 1 aromatic carbocycles. The first-order valence-electron chi connectivity index (χ1n) is 5.42. The highest BCUT2D eigenvalue weighted by atomic mass is 19.1. The number of aromatic amines is 1. The van der Waals surface area contributed by atoms with Gasteiger partial charge in [0, 0.05) is 12.1 Å². The normalized spacial score (nSPS) is 10.1. The summed E-state index contributed by atoms with van der Waals surface area (Å²) in [5, 5.41) is 12.7. The van der Waals surface area contributed by atoms with Crippen LogP contribution in [0.25, 0.3) is 0 Å². The number of nitro groups is 1. The van der Waals surface area contributed by atoms with Crippen molar-refractivity contribution in [2.24, 2.45) is 0 Å². The van der Waals surface area contributed by atoms with E-state index in [9.17, 15) is 24.1 Å². The van der Waals surface area contributed by atoms with Gasteiger partial charge in [-0.05, 0) is 12.1 Å². The zero-order chi connectivity index (χ0) is 14.7. The van der Waals surface area contributed by atoms with E-state index in [1.165, 1.54) is 18.2 Å². The molecule has 0 bridgehead atoms. The third-order valence-corrected chi connectivity index (χ3v) is 2.42. The number of non-ortho nitro benzene ring substituents is 1. The van der Waals surface area contributed by atoms with Gasteiger partial charge in [0.2, 0.25) is 5.56 Å². The van der Waals surface area contributed by atoms with Crippen LogP contribution < -0.4 is 10.9 Å². The zero-order valence-corrected chi connectivity index (χ0v) is 9.92. The predicted molar refractivity (Wildman–Crippen MR) is 68.1 cm³/mol. The molecule has 102 valence electrons. The van der Waals surface area contributed by atoms with Gasteiger partial charge >= 0.3 is 0 Å². The Labute approximate surface area is 111 Å². The average Bonchev–Trinajstić information content (AvgIpc) is 2.40. The molecule has 1 amide bonds. The second-order valence-electron chi connectivity index (χ2n) is 3.80. The van der Waals surface area contributed by atoms with Gasteiger partial charge in [-0.25, -0.2) is 4.39 Å². The van der Waals surface area contributed by atoms with E-state index in [-0.39, 0.29) is 11.4 Å². The van der Waals surface area contributed by atoms with E-state index in [1.807, 2.05) is 0 Å². The second kappa shape index (κ2) is 5.31. The van der Waals surface area contributed by atoms with E-state index in [2.05, 4.69) is 10.3 Å². The maximum absolute atomic E-state index is 13.6. The molecule has 0 radical (unpaired) electrons. The van der Waals surface area contributed by atoms with Gasteiger partial charge in [-0.2, -0.15) is 0 Å². The standard InChI is InChI=1S/C12H8FN3O4/c13-8-6-7(16(19)20)4-5-9(8)15-12(18)10-2-1-3-11(17)14-10/h1-6H,(H,14,17)(H,15,18). The summed E-state index contributed by atoms with van der Waals surface area (Å²) in [5.74, 6) is -1.67. The highest BCUT2D eigenvalue weighted by Crippen LogP contribution is 2.20. The number of amides is 1. The predicted octanol–water partition coefficient (Wildman–Crippen LogP) is 1.67. The molecule has 8 heteroatoms. The molecule has 7 nitrogen and oxygen atoms in total. The van der Waals surface area contributed by atoms with Gasteiger partial charge in [-0.15, -0.1) is 0 Å². The number of pyridine rings is 1. The topological polar surface area (TPSA) is 105 Å². The molecule has 0 aliphatic rings. The zero-order valence-electron chi connectivity index (χ0n) is 9.92.